The second-order valence-electron chi connectivity index (χ2n) is 5.82. The first kappa shape index (κ1) is 16.7. The Bertz CT molecular complexity index is 680. The smallest absolute Gasteiger partial charge is 0.305 e. The van der Waals surface area contributed by atoms with Gasteiger partial charge >= 0.3 is 5.97 Å². The Morgan fingerprint density at radius 2 is 1.88 bits per heavy atom. The van der Waals surface area contributed by atoms with Crippen molar-refractivity contribution in [3.63, 3.8) is 0 Å². The summed E-state index contributed by atoms with van der Waals surface area (Å²) in [5, 5.41) is 17.4. The lowest BCUT2D eigenvalue weighted by molar-refractivity contribution is -0.138. The maximum atomic E-state index is 12.6. The molecule has 6 nitrogen and oxygen atoms in total. The average molecular weight is 345 g/mol. The maximum Gasteiger partial charge on any atom is 0.305 e. The molecule has 3 rings (SSSR count). The van der Waals surface area contributed by atoms with Crippen LogP contribution >= 0.6 is 11.8 Å². The van der Waals surface area contributed by atoms with Gasteiger partial charge in [-0.15, -0.1) is 5.10 Å². The molecule has 1 aliphatic carbocycles. The van der Waals surface area contributed by atoms with E-state index in [1.54, 1.807) is 0 Å². The van der Waals surface area contributed by atoms with Crippen molar-refractivity contribution in [1.29, 1.82) is 0 Å². The molecule has 1 aliphatic heterocycles. The van der Waals surface area contributed by atoms with E-state index in [0.29, 0.717) is 10.9 Å². The van der Waals surface area contributed by atoms with Gasteiger partial charge in [0.05, 0.1) is 12.1 Å². The van der Waals surface area contributed by atoms with Gasteiger partial charge in [-0.3, -0.25) is 14.5 Å². The average Bonchev–Trinajstić information content (AvgIpc) is 2.90. The van der Waals surface area contributed by atoms with E-state index in [1.807, 2.05) is 30.3 Å². The van der Waals surface area contributed by atoms with Crippen LogP contribution in [0.4, 0.5) is 5.69 Å². The Labute approximate surface area is 144 Å². The number of hydrogen-bond acceptors (Lipinski definition) is 5. The van der Waals surface area contributed by atoms with Crippen LogP contribution in [-0.4, -0.2) is 33.1 Å². The number of amides is 1. The number of carbonyl (C=O) groups is 2. The predicted molar refractivity (Wildman–Crippen MR) is 95.5 cm³/mol. The van der Waals surface area contributed by atoms with E-state index < -0.39 is 11.2 Å². The lowest BCUT2D eigenvalue weighted by Gasteiger charge is -2.16. The molecule has 1 atom stereocenters. The maximum absolute atomic E-state index is 12.6. The molecule has 1 saturated carbocycles. The Morgan fingerprint density at radius 3 is 2.54 bits per heavy atom. The van der Waals surface area contributed by atoms with E-state index in [1.165, 1.54) is 23.1 Å². The molecule has 1 N–H and O–H groups in total. The highest BCUT2D eigenvalue weighted by atomic mass is 32.2. The van der Waals surface area contributed by atoms with Crippen molar-refractivity contribution in [3.05, 3.63) is 30.3 Å². The van der Waals surface area contributed by atoms with Crippen molar-refractivity contribution < 1.29 is 14.7 Å². The van der Waals surface area contributed by atoms with E-state index in [2.05, 4.69) is 10.2 Å². The summed E-state index contributed by atoms with van der Waals surface area (Å²) >= 11 is 1.18. The molecular formula is C17H19N3O3S. The molecule has 1 aromatic carbocycles. The minimum absolute atomic E-state index is 0.220. The molecule has 1 saturated heterocycles. The fraction of sp³-hybridized carbons (Fsp3) is 0.412. The molecule has 24 heavy (non-hydrogen) atoms. The highest BCUT2D eigenvalue weighted by Crippen LogP contribution is 2.33. The number of thioether (sulfide) groups is 1. The van der Waals surface area contributed by atoms with Crippen molar-refractivity contribution in [1.82, 2.24) is 0 Å². The second-order valence-corrected chi connectivity index (χ2v) is 6.99. The summed E-state index contributed by atoms with van der Waals surface area (Å²) in [7, 11) is 0. The first-order chi connectivity index (χ1) is 11.6. The van der Waals surface area contributed by atoms with Crippen LogP contribution in [0.25, 0.3) is 0 Å². The Morgan fingerprint density at radius 1 is 1.17 bits per heavy atom. The zero-order valence-electron chi connectivity index (χ0n) is 13.2. The second kappa shape index (κ2) is 7.61. The van der Waals surface area contributed by atoms with E-state index >= 15 is 0 Å². The Balaban J connectivity index is 1.88. The molecule has 2 fully saturated rings. The molecule has 126 valence electrons. The fourth-order valence-electron chi connectivity index (χ4n) is 2.81. The van der Waals surface area contributed by atoms with Gasteiger partial charge in [0.15, 0.2) is 5.17 Å². The molecule has 0 aromatic heterocycles. The van der Waals surface area contributed by atoms with Crippen LogP contribution in [0.2, 0.25) is 0 Å². The fourth-order valence-corrected chi connectivity index (χ4v) is 3.89. The largest absolute Gasteiger partial charge is 0.481 e. The minimum Gasteiger partial charge on any atom is -0.481 e. The highest BCUT2D eigenvalue weighted by Gasteiger charge is 2.40. The molecule has 0 radical (unpaired) electrons. The number of para-hydroxylation sites is 1. The summed E-state index contributed by atoms with van der Waals surface area (Å²) in [4.78, 5) is 25.1. The van der Waals surface area contributed by atoms with Gasteiger partial charge in [0.2, 0.25) is 5.91 Å². The lowest BCUT2D eigenvalue weighted by atomic mass is 9.99. The number of amidine groups is 1. The number of carboxylic acids is 1. The van der Waals surface area contributed by atoms with Crippen LogP contribution in [0.1, 0.15) is 38.5 Å². The normalized spacial score (nSPS) is 22.9. The van der Waals surface area contributed by atoms with Gasteiger partial charge < -0.3 is 5.11 Å². The monoisotopic (exact) mass is 345 g/mol. The first-order valence-corrected chi connectivity index (χ1v) is 8.94. The standard InChI is InChI=1S/C17H19N3O3S/c21-15(22)11-14-16(23)20(13-9-5-2-6-10-13)17(24-14)19-18-12-7-3-1-4-8-12/h2,5-6,9-10,14H,1,3-4,7-8,11H2,(H,21,22). The minimum atomic E-state index is -0.992. The number of rotatable bonds is 4. The molecule has 1 unspecified atom stereocenters. The van der Waals surface area contributed by atoms with Gasteiger partial charge in [0.25, 0.3) is 0 Å². The van der Waals surface area contributed by atoms with Gasteiger partial charge in [0.1, 0.15) is 5.25 Å². The van der Waals surface area contributed by atoms with Gasteiger partial charge in [-0.2, -0.15) is 5.10 Å². The summed E-state index contributed by atoms with van der Waals surface area (Å²) in [5.74, 6) is -1.25. The van der Waals surface area contributed by atoms with Gasteiger partial charge in [-0.25, -0.2) is 0 Å². The topological polar surface area (TPSA) is 82.3 Å². The van der Waals surface area contributed by atoms with Crippen LogP contribution in [0.15, 0.2) is 40.5 Å². The Hall–Kier alpha value is -2.15. The van der Waals surface area contributed by atoms with E-state index in [9.17, 15) is 9.59 Å². The third kappa shape index (κ3) is 3.84. The molecular weight excluding hydrogens is 326 g/mol. The number of hydrogen-bond donors (Lipinski definition) is 1. The molecule has 2 aliphatic rings. The third-order valence-corrected chi connectivity index (χ3v) is 5.14. The van der Waals surface area contributed by atoms with Gasteiger partial charge in [-0.1, -0.05) is 36.4 Å². The van der Waals surface area contributed by atoms with Crippen molar-refractivity contribution in [2.45, 2.75) is 43.8 Å². The molecule has 0 spiro atoms. The van der Waals surface area contributed by atoms with Crippen LogP contribution < -0.4 is 4.90 Å². The zero-order valence-corrected chi connectivity index (χ0v) is 14.0. The number of aliphatic carboxylic acids is 1. The number of carboxylic acid groups (broad SMARTS) is 1. The number of carbonyl (C=O) groups excluding carboxylic acids is 1. The highest BCUT2D eigenvalue weighted by molar-refractivity contribution is 8.16. The number of anilines is 1. The van der Waals surface area contributed by atoms with Crippen molar-refractivity contribution in [2.24, 2.45) is 10.2 Å². The van der Waals surface area contributed by atoms with E-state index in [4.69, 9.17) is 5.11 Å². The van der Waals surface area contributed by atoms with Crippen LogP contribution in [0, 0.1) is 0 Å². The molecule has 1 aromatic rings. The van der Waals surface area contributed by atoms with Gasteiger partial charge in [0, 0.05) is 5.71 Å². The molecule has 1 amide bonds. The van der Waals surface area contributed by atoms with E-state index in [-0.39, 0.29) is 12.3 Å². The quantitative estimate of drug-likeness (QED) is 0.849. The zero-order chi connectivity index (χ0) is 16.9. The van der Waals surface area contributed by atoms with Crippen LogP contribution in [0.3, 0.4) is 0 Å². The predicted octanol–water partition coefficient (Wildman–Crippen LogP) is 3.29. The third-order valence-electron chi connectivity index (χ3n) is 4.02. The summed E-state index contributed by atoms with van der Waals surface area (Å²) in [6.45, 7) is 0. The Kier molecular flexibility index (Phi) is 5.30. The lowest BCUT2D eigenvalue weighted by Crippen LogP contribution is -2.32. The van der Waals surface area contributed by atoms with Crippen molar-refractivity contribution >= 4 is 40.2 Å². The first-order valence-electron chi connectivity index (χ1n) is 8.06. The van der Waals surface area contributed by atoms with Gasteiger partial charge in [-0.05, 0) is 37.8 Å². The molecule has 1 heterocycles. The summed E-state index contributed by atoms with van der Waals surface area (Å²) in [6, 6.07) is 9.16. The molecule has 0 bridgehead atoms. The van der Waals surface area contributed by atoms with Crippen LogP contribution in [-0.2, 0) is 9.59 Å². The summed E-state index contributed by atoms with van der Waals surface area (Å²) in [5.41, 5.74) is 1.74. The SMILES string of the molecule is O=C(O)CC1SC(=NN=C2CCCCC2)N(c2ccccc2)C1=O. The summed E-state index contributed by atoms with van der Waals surface area (Å²) < 4.78 is 0. The summed E-state index contributed by atoms with van der Waals surface area (Å²) in [6.07, 6.45) is 5.14. The van der Waals surface area contributed by atoms with Crippen molar-refractivity contribution in [2.75, 3.05) is 4.90 Å². The molecule has 7 heteroatoms. The number of benzene rings is 1. The van der Waals surface area contributed by atoms with Crippen molar-refractivity contribution in [3.8, 4) is 0 Å². The number of nitrogens with zero attached hydrogens (tertiary/aromatic N) is 3. The van der Waals surface area contributed by atoms with E-state index in [0.717, 1.165) is 31.4 Å². The van der Waals surface area contributed by atoms with Crippen LogP contribution in [0.5, 0.6) is 0 Å².